The molecule has 1 aromatic rings. The highest BCUT2D eigenvalue weighted by atomic mass is 32.2. The number of nitro groups is 1. The van der Waals surface area contributed by atoms with Gasteiger partial charge in [0, 0.05) is 36.0 Å². The number of nitrogens with zero attached hydrogens (tertiary/aromatic N) is 2. The van der Waals surface area contributed by atoms with Gasteiger partial charge in [-0.1, -0.05) is 13.0 Å². The lowest BCUT2D eigenvalue weighted by Gasteiger charge is -2.24. The van der Waals surface area contributed by atoms with Crippen LogP contribution in [0.25, 0.3) is 0 Å². The standard InChI is InChI=1S/C15H20N2O3S/c1-3-21-14-8-7-12(10-14)16(2)15(18)11-5-4-6-13(9-11)17(19)20/h4-6,9,12,14H,3,7-8,10H2,1-2H3/t12-,14-/m0/s1. The second-order valence-electron chi connectivity index (χ2n) is 5.27. The number of non-ortho nitro benzene ring substituents is 1. The minimum Gasteiger partial charge on any atom is -0.339 e. The van der Waals surface area contributed by atoms with E-state index >= 15 is 0 Å². The molecule has 1 amide bonds. The van der Waals surface area contributed by atoms with Crippen LogP contribution in [0.2, 0.25) is 0 Å². The molecule has 114 valence electrons. The van der Waals surface area contributed by atoms with Crippen LogP contribution in [0.4, 0.5) is 5.69 Å². The zero-order valence-corrected chi connectivity index (χ0v) is 13.1. The molecule has 0 radical (unpaired) electrons. The molecule has 6 heteroatoms. The summed E-state index contributed by atoms with van der Waals surface area (Å²) >= 11 is 1.95. The second-order valence-corrected chi connectivity index (χ2v) is 6.85. The van der Waals surface area contributed by atoms with Crippen molar-refractivity contribution in [2.45, 2.75) is 37.5 Å². The Bertz CT molecular complexity index is 535. The van der Waals surface area contributed by atoms with Gasteiger partial charge in [-0.2, -0.15) is 11.8 Å². The van der Waals surface area contributed by atoms with E-state index in [-0.39, 0.29) is 17.6 Å². The second kappa shape index (κ2) is 6.93. The molecule has 0 spiro atoms. The first kappa shape index (κ1) is 15.8. The highest BCUT2D eigenvalue weighted by Gasteiger charge is 2.30. The van der Waals surface area contributed by atoms with E-state index < -0.39 is 4.92 Å². The van der Waals surface area contributed by atoms with Gasteiger partial charge < -0.3 is 4.90 Å². The summed E-state index contributed by atoms with van der Waals surface area (Å²) in [6.07, 6.45) is 3.15. The Labute approximate surface area is 128 Å². The van der Waals surface area contributed by atoms with Crippen LogP contribution in [-0.2, 0) is 0 Å². The number of thioether (sulfide) groups is 1. The molecular formula is C15H20N2O3S. The number of carbonyl (C=O) groups is 1. The van der Waals surface area contributed by atoms with Crippen LogP contribution < -0.4 is 0 Å². The van der Waals surface area contributed by atoms with Gasteiger partial charge in [0.05, 0.1) is 4.92 Å². The molecule has 1 saturated carbocycles. The summed E-state index contributed by atoms with van der Waals surface area (Å²) in [6.45, 7) is 2.15. The predicted octanol–water partition coefficient (Wildman–Crippen LogP) is 3.34. The smallest absolute Gasteiger partial charge is 0.270 e. The summed E-state index contributed by atoms with van der Waals surface area (Å²) in [4.78, 5) is 24.5. The fourth-order valence-corrected chi connectivity index (χ4v) is 3.91. The number of benzene rings is 1. The number of amides is 1. The lowest BCUT2D eigenvalue weighted by molar-refractivity contribution is -0.384. The molecule has 2 atom stereocenters. The molecule has 5 nitrogen and oxygen atoms in total. The van der Waals surface area contributed by atoms with Gasteiger partial charge in [-0.25, -0.2) is 0 Å². The number of nitro benzene ring substituents is 1. The van der Waals surface area contributed by atoms with Crippen molar-refractivity contribution in [3.8, 4) is 0 Å². The van der Waals surface area contributed by atoms with Crippen molar-refractivity contribution >= 4 is 23.4 Å². The minimum absolute atomic E-state index is 0.0416. The molecule has 1 aliphatic rings. The summed E-state index contributed by atoms with van der Waals surface area (Å²) in [5, 5.41) is 11.4. The third-order valence-electron chi connectivity index (χ3n) is 3.93. The van der Waals surface area contributed by atoms with E-state index in [9.17, 15) is 14.9 Å². The summed E-state index contributed by atoms with van der Waals surface area (Å²) in [5.74, 6) is 0.964. The lowest BCUT2D eigenvalue weighted by atomic mass is 10.1. The molecule has 0 saturated heterocycles. The molecule has 21 heavy (non-hydrogen) atoms. The molecule has 0 unspecified atom stereocenters. The van der Waals surface area contributed by atoms with E-state index in [0.29, 0.717) is 10.8 Å². The van der Waals surface area contributed by atoms with Gasteiger partial charge in [0.2, 0.25) is 0 Å². The van der Waals surface area contributed by atoms with Crippen molar-refractivity contribution in [1.29, 1.82) is 0 Å². The van der Waals surface area contributed by atoms with Crippen molar-refractivity contribution in [1.82, 2.24) is 4.90 Å². The molecule has 1 aromatic carbocycles. The normalized spacial score (nSPS) is 21.2. The molecule has 1 fully saturated rings. The van der Waals surface area contributed by atoms with Gasteiger partial charge in [0.25, 0.3) is 11.6 Å². The van der Waals surface area contributed by atoms with Crippen molar-refractivity contribution < 1.29 is 9.72 Å². The highest BCUT2D eigenvalue weighted by molar-refractivity contribution is 7.99. The SMILES string of the molecule is CCS[C@H]1CC[C@H](N(C)C(=O)c2cccc([N+](=O)[O-])c2)C1. The fourth-order valence-electron chi connectivity index (χ4n) is 2.78. The average molecular weight is 308 g/mol. The Hall–Kier alpha value is -1.56. The van der Waals surface area contributed by atoms with Crippen molar-refractivity contribution in [3.05, 3.63) is 39.9 Å². The van der Waals surface area contributed by atoms with Crippen LogP contribution in [0.3, 0.4) is 0 Å². The Kier molecular flexibility index (Phi) is 5.22. The third-order valence-corrected chi connectivity index (χ3v) is 5.16. The number of hydrogen-bond donors (Lipinski definition) is 0. The molecule has 1 aliphatic carbocycles. The zero-order chi connectivity index (χ0) is 15.4. The number of carbonyl (C=O) groups excluding carboxylic acids is 1. The number of rotatable bonds is 5. The van der Waals surface area contributed by atoms with Gasteiger partial charge in [-0.05, 0) is 31.1 Å². The van der Waals surface area contributed by atoms with Gasteiger partial charge >= 0.3 is 0 Å². The van der Waals surface area contributed by atoms with E-state index in [0.717, 1.165) is 25.0 Å². The fraction of sp³-hybridized carbons (Fsp3) is 0.533. The third kappa shape index (κ3) is 3.75. The lowest BCUT2D eigenvalue weighted by Crippen LogP contribution is -2.35. The monoisotopic (exact) mass is 308 g/mol. The summed E-state index contributed by atoms with van der Waals surface area (Å²) < 4.78 is 0. The highest BCUT2D eigenvalue weighted by Crippen LogP contribution is 2.32. The van der Waals surface area contributed by atoms with Crippen LogP contribution in [0.15, 0.2) is 24.3 Å². The number of hydrogen-bond acceptors (Lipinski definition) is 4. The maximum Gasteiger partial charge on any atom is 0.270 e. The van der Waals surface area contributed by atoms with Gasteiger partial charge in [-0.3, -0.25) is 14.9 Å². The van der Waals surface area contributed by atoms with Crippen LogP contribution in [0, 0.1) is 10.1 Å². The van der Waals surface area contributed by atoms with E-state index in [2.05, 4.69) is 6.92 Å². The molecule has 0 bridgehead atoms. The first-order valence-corrected chi connectivity index (χ1v) is 8.21. The molecule has 0 aromatic heterocycles. The van der Waals surface area contributed by atoms with Gasteiger partial charge in [-0.15, -0.1) is 0 Å². The van der Waals surface area contributed by atoms with Crippen LogP contribution >= 0.6 is 11.8 Å². The van der Waals surface area contributed by atoms with E-state index in [1.54, 1.807) is 24.1 Å². The summed E-state index contributed by atoms with van der Waals surface area (Å²) in [7, 11) is 1.80. The van der Waals surface area contributed by atoms with Crippen LogP contribution in [-0.4, -0.2) is 39.8 Å². The Morgan fingerprint density at radius 3 is 2.90 bits per heavy atom. The molecule has 2 rings (SSSR count). The maximum atomic E-state index is 12.5. The largest absolute Gasteiger partial charge is 0.339 e. The van der Waals surface area contributed by atoms with E-state index in [1.165, 1.54) is 12.1 Å². The predicted molar refractivity (Wildman–Crippen MR) is 84.7 cm³/mol. The Morgan fingerprint density at radius 2 is 2.24 bits per heavy atom. The Balaban J connectivity index is 2.06. The van der Waals surface area contributed by atoms with Crippen LogP contribution in [0.5, 0.6) is 0 Å². The summed E-state index contributed by atoms with van der Waals surface area (Å²) in [6, 6.07) is 6.19. The van der Waals surface area contributed by atoms with Crippen LogP contribution in [0.1, 0.15) is 36.5 Å². The maximum absolute atomic E-state index is 12.5. The van der Waals surface area contributed by atoms with Crippen molar-refractivity contribution in [3.63, 3.8) is 0 Å². The summed E-state index contributed by atoms with van der Waals surface area (Å²) in [5.41, 5.74) is 0.346. The van der Waals surface area contributed by atoms with Gasteiger partial charge in [0.15, 0.2) is 0 Å². The first-order chi connectivity index (χ1) is 10.0. The topological polar surface area (TPSA) is 63.5 Å². The van der Waals surface area contributed by atoms with E-state index in [1.807, 2.05) is 11.8 Å². The minimum atomic E-state index is -0.472. The average Bonchev–Trinajstić information content (AvgIpc) is 2.95. The van der Waals surface area contributed by atoms with Gasteiger partial charge in [0.1, 0.15) is 0 Å². The van der Waals surface area contributed by atoms with Crippen molar-refractivity contribution in [2.24, 2.45) is 0 Å². The zero-order valence-electron chi connectivity index (χ0n) is 12.3. The van der Waals surface area contributed by atoms with Crippen molar-refractivity contribution in [2.75, 3.05) is 12.8 Å². The van der Waals surface area contributed by atoms with E-state index in [4.69, 9.17) is 0 Å². The first-order valence-electron chi connectivity index (χ1n) is 7.16. The molecule has 0 aliphatic heterocycles. The molecular weight excluding hydrogens is 288 g/mol. The molecule has 0 heterocycles. The quantitative estimate of drug-likeness (QED) is 0.618. The molecule has 0 N–H and O–H groups in total. The Morgan fingerprint density at radius 1 is 1.48 bits per heavy atom.